The number of carboxylic acids is 1. The standard InChI is InChI=1S/C28H29NO6/c1-28(2,3)21-11-7-19(8-12-21)25(30)29-24(26(31)32)17-18-5-13-23(14-6-18)35-27(33)20-9-15-22(34-4)16-10-20/h5-16,24H,17H2,1-4H3,(H,29,30)(H,31,32)/t24-/m0/s1. The van der Waals surface area contributed by atoms with Crippen molar-refractivity contribution in [2.75, 3.05) is 7.11 Å². The Balaban J connectivity index is 1.62. The van der Waals surface area contributed by atoms with Crippen molar-refractivity contribution >= 4 is 17.8 Å². The molecule has 35 heavy (non-hydrogen) atoms. The fourth-order valence-corrected chi connectivity index (χ4v) is 3.39. The molecule has 0 aliphatic carbocycles. The molecule has 3 aromatic carbocycles. The third kappa shape index (κ3) is 6.93. The van der Waals surface area contributed by atoms with E-state index in [4.69, 9.17) is 9.47 Å². The van der Waals surface area contributed by atoms with Crippen LogP contribution in [0, 0.1) is 0 Å². The van der Waals surface area contributed by atoms with E-state index in [-0.39, 0.29) is 11.8 Å². The van der Waals surface area contributed by atoms with E-state index in [1.165, 1.54) is 0 Å². The SMILES string of the molecule is COc1ccc(C(=O)Oc2ccc(C[C@H](NC(=O)c3ccc(C(C)(C)C)cc3)C(=O)O)cc2)cc1. The van der Waals surface area contributed by atoms with Gasteiger partial charge in [0.25, 0.3) is 5.91 Å². The van der Waals surface area contributed by atoms with Crippen LogP contribution in [0.15, 0.2) is 72.8 Å². The summed E-state index contributed by atoms with van der Waals surface area (Å²) in [7, 11) is 1.54. The van der Waals surface area contributed by atoms with Crippen molar-refractivity contribution in [2.24, 2.45) is 0 Å². The molecule has 3 rings (SSSR count). The maximum atomic E-state index is 12.6. The second-order valence-electron chi connectivity index (χ2n) is 9.16. The van der Waals surface area contributed by atoms with Gasteiger partial charge in [0.15, 0.2) is 0 Å². The molecule has 0 saturated heterocycles. The van der Waals surface area contributed by atoms with Crippen LogP contribution < -0.4 is 14.8 Å². The highest BCUT2D eigenvalue weighted by molar-refractivity contribution is 5.96. The van der Waals surface area contributed by atoms with E-state index in [0.29, 0.717) is 28.2 Å². The third-order valence-electron chi connectivity index (χ3n) is 5.52. The fraction of sp³-hybridized carbons (Fsp3) is 0.250. The van der Waals surface area contributed by atoms with E-state index in [1.807, 2.05) is 12.1 Å². The average molecular weight is 476 g/mol. The topological polar surface area (TPSA) is 102 Å². The molecule has 3 aromatic rings. The highest BCUT2D eigenvalue weighted by atomic mass is 16.5. The Kier molecular flexibility index (Phi) is 7.91. The molecule has 0 saturated carbocycles. The van der Waals surface area contributed by atoms with Gasteiger partial charge in [0.05, 0.1) is 12.7 Å². The molecule has 1 amide bonds. The molecule has 0 fully saturated rings. The van der Waals surface area contributed by atoms with E-state index in [1.54, 1.807) is 67.8 Å². The molecule has 0 heterocycles. The second kappa shape index (κ2) is 10.9. The van der Waals surface area contributed by atoms with Crippen molar-refractivity contribution in [2.45, 2.75) is 38.6 Å². The van der Waals surface area contributed by atoms with E-state index in [2.05, 4.69) is 26.1 Å². The number of nitrogens with one attached hydrogen (secondary N) is 1. The van der Waals surface area contributed by atoms with Crippen molar-refractivity contribution in [1.82, 2.24) is 5.32 Å². The lowest BCUT2D eigenvalue weighted by Crippen LogP contribution is -2.42. The molecule has 1 atom stereocenters. The van der Waals surface area contributed by atoms with Gasteiger partial charge in [-0.3, -0.25) is 4.79 Å². The number of hydrogen-bond acceptors (Lipinski definition) is 5. The minimum absolute atomic E-state index is 0.0479. The first-order valence-corrected chi connectivity index (χ1v) is 11.2. The van der Waals surface area contributed by atoms with Gasteiger partial charge >= 0.3 is 11.9 Å². The lowest BCUT2D eigenvalue weighted by atomic mass is 9.86. The number of methoxy groups -OCH3 is 1. The monoisotopic (exact) mass is 475 g/mol. The average Bonchev–Trinajstić information content (AvgIpc) is 2.84. The third-order valence-corrected chi connectivity index (χ3v) is 5.52. The summed E-state index contributed by atoms with van der Waals surface area (Å²) >= 11 is 0. The van der Waals surface area contributed by atoms with Crippen molar-refractivity contribution < 1.29 is 29.0 Å². The lowest BCUT2D eigenvalue weighted by molar-refractivity contribution is -0.139. The zero-order valence-electron chi connectivity index (χ0n) is 20.2. The molecule has 0 bridgehead atoms. The summed E-state index contributed by atoms with van der Waals surface area (Å²) in [5.41, 5.74) is 2.47. The number of ether oxygens (including phenoxy) is 2. The van der Waals surface area contributed by atoms with Crippen molar-refractivity contribution in [3.63, 3.8) is 0 Å². The van der Waals surface area contributed by atoms with Gasteiger partial charge in [-0.1, -0.05) is 45.0 Å². The Hall–Kier alpha value is -4.13. The first-order chi connectivity index (χ1) is 16.6. The van der Waals surface area contributed by atoms with Gasteiger partial charge in [-0.25, -0.2) is 9.59 Å². The lowest BCUT2D eigenvalue weighted by Gasteiger charge is -2.19. The Morgan fingerprint density at radius 2 is 1.37 bits per heavy atom. The van der Waals surface area contributed by atoms with Crippen molar-refractivity contribution in [3.05, 3.63) is 95.1 Å². The van der Waals surface area contributed by atoms with Crippen LogP contribution in [0.25, 0.3) is 0 Å². The number of hydrogen-bond donors (Lipinski definition) is 2. The number of carbonyl (C=O) groups is 3. The molecule has 7 heteroatoms. The van der Waals surface area contributed by atoms with Crippen molar-refractivity contribution in [3.8, 4) is 11.5 Å². The number of rotatable bonds is 8. The Labute approximate surface area is 204 Å². The number of carboxylic acid groups (broad SMARTS) is 1. The van der Waals surface area contributed by atoms with Crippen LogP contribution in [0.1, 0.15) is 52.6 Å². The predicted octanol–water partition coefficient (Wildman–Crippen LogP) is 4.64. The number of carbonyl (C=O) groups excluding carboxylic acids is 2. The van der Waals surface area contributed by atoms with Crippen LogP contribution in [0.5, 0.6) is 11.5 Å². The quantitative estimate of drug-likeness (QED) is 0.364. The smallest absolute Gasteiger partial charge is 0.343 e. The van der Waals surface area contributed by atoms with Crippen LogP contribution in [0.4, 0.5) is 0 Å². The Morgan fingerprint density at radius 3 is 1.89 bits per heavy atom. The summed E-state index contributed by atoms with van der Waals surface area (Å²) < 4.78 is 10.4. The van der Waals surface area contributed by atoms with Gasteiger partial charge in [0.2, 0.25) is 0 Å². The largest absolute Gasteiger partial charge is 0.497 e. The van der Waals surface area contributed by atoms with Gasteiger partial charge in [0, 0.05) is 12.0 Å². The van der Waals surface area contributed by atoms with Crippen LogP contribution in [-0.4, -0.2) is 36.1 Å². The van der Waals surface area contributed by atoms with E-state index in [9.17, 15) is 19.5 Å². The van der Waals surface area contributed by atoms with Crippen LogP contribution in [-0.2, 0) is 16.6 Å². The molecular weight excluding hydrogens is 446 g/mol. The normalized spacial score (nSPS) is 11.9. The molecular formula is C28H29NO6. The van der Waals surface area contributed by atoms with Gasteiger partial charge in [0.1, 0.15) is 17.5 Å². The molecule has 0 radical (unpaired) electrons. The minimum atomic E-state index is -1.14. The summed E-state index contributed by atoms with van der Waals surface area (Å²) in [5, 5.41) is 12.2. The van der Waals surface area contributed by atoms with Gasteiger partial charge in [-0.05, 0) is 65.1 Å². The highest BCUT2D eigenvalue weighted by Gasteiger charge is 2.22. The fourth-order valence-electron chi connectivity index (χ4n) is 3.39. The molecule has 0 aliphatic rings. The summed E-state index contributed by atoms with van der Waals surface area (Å²) in [4.78, 5) is 36.7. The highest BCUT2D eigenvalue weighted by Crippen LogP contribution is 2.22. The molecule has 0 aromatic heterocycles. The predicted molar refractivity (Wildman–Crippen MR) is 132 cm³/mol. The van der Waals surface area contributed by atoms with E-state index < -0.39 is 23.9 Å². The van der Waals surface area contributed by atoms with Crippen LogP contribution >= 0.6 is 0 Å². The van der Waals surface area contributed by atoms with E-state index >= 15 is 0 Å². The maximum absolute atomic E-state index is 12.6. The number of amides is 1. The van der Waals surface area contributed by atoms with Gasteiger partial charge < -0.3 is 19.9 Å². The number of benzene rings is 3. The van der Waals surface area contributed by atoms with Crippen molar-refractivity contribution in [1.29, 1.82) is 0 Å². The Morgan fingerprint density at radius 1 is 0.829 bits per heavy atom. The summed E-state index contributed by atoms with van der Waals surface area (Å²) in [6, 6.07) is 19.1. The number of aliphatic carboxylic acids is 1. The maximum Gasteiger partial charge on any atom is 0.343 e. The van der Waals surface area contributed by atoms with Gasteiger partial charge in [-0.15, -0.1) is 0 Å². The first-order valence-electron chi connectivity index (χ1n) is 11.2. The second-order valence-corrected chi connectivity index (χ2v) is 9.16. The first kappa shape index (κ1) is 25.5. The number of esters is 1. The summed E-state index contributed by atoms with van der Waals surface area (Å²) in [5.74, 6) is -1.16. The van der Waals surface area contributed by atoms with E-state index in [0.717, 1.165) is 5.56 Å². The van der Waals surface area contributed by atoms with Crippen LogP contribution in [0.2, 0.25) is 0 Å². The molecule has 7 nitrogen and oxygen atoms in total. The molecule has 0 spiro atoms. The molecule has 182 valence electrons. The zero-order chi connectivity index (χ0) is 25.6. The molecule has 2 N–H and O–H groups in total. The summed E-state index contributed by atoms with van der Waals surface area (Å²) in [6.45, 7) is 6.23. The van der Waals surface area contributed by atoms with Gasteiger partial charge in [-0.2, -0.15) is 0 Å². The van der Waals surface area contributed by atoms with Crippen LogP contribution in [0.3, 0.4) is 0 Å². The summed E-state index contributed by atoms with van der Waals surface area (Å²) in [6.07, 6.45) is 0.0772. The minimum Gasteiger partial charge on any atom is -0.497 e. The molecule has 0 unspecified atom stereocenters. The zero-order valence-corrected chi connectivity index (χ0v) is 20.2. The Bertz CT molecular complexity index is 1180. The molecule has 0 aliphatic heterocycles.